The van der Waals surface area contributed by atoms with Gasteiger partial charge in [0.2, 0.25) is 10.9 Å². The van der Waals surface area contributed by atoms with E-state index in [4.69, 9.17) is 4.42 Å². The van der Waals surface area contributed by atoms with Crippen molar-refractivity contribution in [2.75, 3.05) is 9.80 Å². The number of carbonyl (C=O) groups excluding carboxylic acids is 2. The lowest BCUT2D eigenvalue weighted by Gasteiger charge is -2.32. The molecular formula is C30H22N4O4S. The SMILES string of the molecule is Cc1nnc(N2C(=O)c3oc4cc(C)c(C)cc4c(=O)c3C23C(=O)N(Cc2ccccc2)c2ccccc23)s1. The summed E-state index contributed by atoms with van der Waals surface area (Å²) in [7, 11) is 0. The molecule has 0 radical (unpaired) electrons. The van der Waals surface area contributed by atoms with Crippen LogP contribution in [0.25, 0.3) is 11.0 Å². The van der Waals surface area contributed by atoms with Crippen LogP contribution in [0, 0.1) is 20.8 Å². The van der Waals surface area contributed by atoms with Crippen molar-refractivity contribution < 1.29 is 14.0 Å². The second-order valence-corrected chi connectivity index (χ2v) is 11.1. The van der Waals surface area contributed by atoms with E-state index in [1.165, 1.54) is 16.2 Å². The van der Waals surface area contributed by atoms with Crippen LogP contribution in [0.15, 0.2) is 75.9 Å². The second-order valence-electron chi connectivity index (χ2n) is 9.92. The first-order valence-corrected chi connectivity index (χ1v) is 13.3. The van der Waals surface area contributed by atoms with Crippen LogP contribution in [0.1, 0.15) is 43.4 Å². The number of fused-ring (bicyclic) bond motifs is 5. The van der Waals surface area contributed by atoms with E-state index >= 15 is 0 Å². The molecule has 0 bridgehead atoms. The summed E-state index contributed by atoms with van der Waals surface area (Å²) >= 11 is 1.19. The monoisotopic (exact) mass is 534 g/mol. The topological polar surface area (TPSA) is 96.6 Å². The summed E-state index contributed by atoms with van der Waals surface area (Å²) in [6.07, 6.45) is 0. The zero-order valence-corrected chi connectivity index (χ0v) is 22.2. The summed E-state index contributed by atoms with van der Waals surface area (Å²) in [4.78, 5) is 46.3. The standard InChI is InChI=1S/C30H22N4O4S/c1-16-13-20-23(14-17(16)2)38-26-24(25(20)35)30(34(27(26)36)29-32-31-18(3)39-29)21-11-7-8-12-22(21)33(28(30)37)15-19-9-5-4-6-10-19/h4-14H,15H2,1-3H3. The summed E-state index contributed by atoms with van der Waals surface area (Å²) < 4.78 is 6.19. The molecule has 39 heavy (non-hydrogen) atoms. The van der Waals surface area contributed by atoms with Gasteiger partial charge in [0.25, 0.3) is 11.8 Å². The molecule has 0 saturated carbocycles. The highest BCUT2D eigenvalue weighted by Gasteiger charge is 2.66. The first kappa shape index (κ1) is 23.5. The van der Waals surface area contributed by atoms with E-state index in [0.29, 0.717) is 27.2 Å². The zero-order chi connectivity index (χ0) is 27.1. The molecule has 3 aromatic carbocycles. The molecule has 5 aromatic rings. The lowest BCUT2D eigenvalue weighted by Crippen LogP contribution is -2.53. The van der Waals surface area contributed by atoms with Crippen molar-refractivity contribution in [3.05, 3.63) is 116 Å². The number of para-hydroxylation sites is 1. The molecule has 0 saturated heterocycles. The Morgan fingerprint density at radius 1 is 0.897 bits per heavy atom. The predicted octanol–water partition coefficient (Wildman–Crippen LogP) is 5.02. The second kappa shape index (κ2) is 8.18. The van der Waals surface area contributed by atoms with Gasteiger partial charge in [-0.25, -0.2) is 0 Å². The molecule has 2 amide bonds. The van der Waals surface area contributed by atoms with E-state index in [1.807, 2.05) is 62.4 Å². The van der Waals surface area contributed by atoms with Crippen LogP contribution in [-0.4, -0.2) is 22.0 Å². The average molecular weight is 535 g/mol. The molecule has 1 atom stereocenters. The van der Waals surface area contributed by atoms with E-state index in [2.05, 4.69) is 10.2 Å². The molecule has 192 valence electrons. The maximum absolute atomic E-state index is 14.8. The molecule has 9 heteroatoms. The number of nitrogens with zero attached hydrogens (tertiary/aromatic N) is 4. The molecule has 8 nitrogen and oxygen atoms in total. The molecular weight excluding hydrogens is 512 g/mol. The lowest BCUT2D eigenvalue weighted by atomic mass is 9.84. The van der Waals surface area contributed by atoms with Gasteiger partial charge in [-0.15, -0.1) is 10.2 Å². The zero-order valence-electron chi connectivity index (χ0n) is 21.4. The summed E-state index contributed by atoms with van der Waals surface area (Å²) in [5.41, 5.74) is 2.04. The molecule has 2 aliphatic heterocycles. The van der Waals surface area contributed by atoms with E-state index < -0.39 is 22.8 Å². The van der Waals surface area contributed by atoms with Gasteiger partial charge in [0.05, 0.1) is 23.2 Å². The van der Waals surface area contributed by atoms with E-state index in [1.54, 1.807) is 30.0 Å². The van der Waals surface area contributed by atoms with Crippen LogP contribution in [0.2, 0.25) is 0 Å². The summed E-state index contributed by atoms with van der Waals surface area (Å²) in [5.74, 6) is -1.15. The normalized spacial score (nSPS) is 17.9. The number of amides is 2. The number of benzene rings is 3. The van der Waals surface area contributed by atoms with Crippen molar-refractivity contribution in [3.8, 4) is 0 Å². The average Bonchev–Trinajstić information content (AvgIpc) is 3.54. The van der Waals surface area contributed by atoms with Gasteiger partial charge in [-0.3, -0.25) is 19.3 Å². The Morgan fingerprint density at radius 2 is 1.62 bits per heavy atom. The minimum atomic E-state index is -1.78. The quantitative estimate of drug-likeness (QED) is 0.323. The molecule has 2 aromatic heterocycles. The number of hydrogen-bond acceptors (Lipinski definition) is 7. The Balaban J connectivity index is 1.58. The lowest BCUT2D eigenvalue weighted by molar-refractivity contribution is -0.121. The molecule has 0 aliphatic carbocycles. The highest BCUT2D eigenvalue weighted by atomic mass is 32.1. The van der Waals surface area contributed by atoms with Crippen LogP contribution in [0.5, 0.6) is 0 Å². The van der Waals surface area contributed by atoms with Crippen LogP contribution in [0.3, 0.4) is 0 Å². The fourth-order valence-corrected chi connectivity index (χ4v) is 6.46. The number of aryl methyl sites for hydroxylation is 3. The molecule has 7 rings (SSSR count). The fraction of sp³-hybridized carbons (Fsp3) is 0.167. The number of anilines is 2. The van der Waals surface area contributed by atoms with Crippen molar-refractivity contribution in [3.63, 3.8) is 0 Å². The smallest absolute Gasteiger partial charge is 0.297 e. The maximum Gasteiger partial charge on any atom is 0.297 e. The highest BCUT2D eigenvalue weighted by molar-refractivity contribution is 7.15. The van der Waals surface area contributed by atoms with Crippen LogP contribution < -0.4 is 15.2 Å². The minimum Gasteiger partial charge on any atom is -0.450 e. The van der Waals surface area contributed by atoms with Crippen molar-refractivity contribution in [1.82, 2.24) is 10.2 Å². The number of aromatic nitrogens is 2. The van der Waals surface area contributed by atoms with Crippen molar-refractivity contribution >= 4 is 44.9 Å². The third-order valence-electron chi connectivity index (χ3n) is 7.63. The number of carbonyl (C=O) groups is 2. The third kappa shape index (κ3) is 3.07. The third-order valence-corrected chi connectivity index (χ3v) is 8.45. The Morgan fingerprint density at radius 3 is 2.36 bits per heavy atom. The first-order valence-electron chi connectivity index (χ1n) is 12.5. The van der Waals surface area contributed by atoms with E-state index in [9.17, 15) is 14.4 Å². The molecule has 1 spiro atoms. The van der Waals surface area contributed by atoms with E-state index in [0.717, 1.165) is 16.7 Å². The Labute approximate surface area is 227 Å². The Bertz CT molecular complexity index is 1910. The van der Waals surface area contributed by atoms with Gasteiger partial charge in [-0.05, 0) is 55.7 Å². The minimum absolute atomic E-state index is 0.0177. The fourth-order valence-electron chi connectivity index (χ4n) is 5.72. The largest absolute Gasteiger partial charge is 0.450 e. The van der Waals surface area contributed by atoms with Gasteiger partial charge in [0.1, 0.15) is 10.6 Å². The van der Waals surface area contributed by atoms with Crippen LogP contribution in [-0.2, 0) is 16.9 Å². The van der Waals surface area contributed by atoms with Crippen LogP contribution in [0.4, 0.5) is 10.8 Å². The van der Waals surface area contributed by atoms with E-state index in [-0.39, 0.29) is 23.0 Å². The Kier molecular flexibility index (Phi) is 4.93. The highest BCUT2D eigenvalue weighted by Crippen LogP contribution is 2.54. The first-order chi connectivity index (χ1) is 18.8. The molecule has 4 heterocycles. The predicted molar refractivity (Wildman–Crippen MR) is 148 cm³/mol. The molecule has 0 N–H and O–H groups in total. The van der Waals surface area contributed by atoms with Crippen molar-refractivity contribution in [2.24, 2.45) is 0 Å². The summed E-state index contributed by atoms with van der Waals surface area (Å²) in [6, 6.07) is 20.4. The van der Waals surface area contributed by atoms with Crippen molar-refractivity contribution in [2.45, 2.75) is 32.9 Å². The summed E-state index contributed by atoms with van der Waals surface area (Å²) in [6.45, 7) is 5.87. The number of hydrogen-bond donors (Lipinski definition) is 0. The van der Waals surface area contributed by atoms with Gasteiger partial charge in [-0.2, -0.15) is 0 Å². The summed E-state index contributed by atoms with van der Waals surface area (Å²) in [5, 5.41) is 9.55. The van der Waals surface area contributed by atoms with Gasteiger partial charge >= 0.3 is 0 Å². The van der Waals surface area contributed by atoms with Gasteiger partial charge in [0.15, 0.2) is 11.0 Å². The van der Waals surface area contributed by atoms with Gasteiger partial charge in [0, 0.05) is 5.56 Å². The van der Waals surface area contributed by atoms with Crippen LogP contribution >= 0.6 is 11.3 Å². The van der Waals surface area contributed by atoms with Gasteiger partial charge in [-0.1, -0.05) is 59.9 Å². The molecule has 1 unspecified atom stereocenters. The van der Waals surface area contributed by atoms with Gasteiger partial charge < -0.3 is 9.32 Å². The Hall–Kier alpha value is -4.63. The maximum atomic E-state index is 14.8. The number of rotatable bonds is 3. The molecule has 0 fully saturated rings. The molecule has 2 aliphatic rings. The van der Waals surface area contributed by atoms with Crippen molar-refractivity contribution in [1.29, 1.82) is 0 Å².